The van der Waals surface area contributed by atoms with E-state index >= 15 is 0 Å². The molecular weight excluding hydrogens is 368 g/mol. The second-order valence-corrected chi connectivity index (χ2v) is 9.13. The lowest BCUT2D eigenvalue weighted by atomic mass is 9.73. The Hall–Kier alpha value is -2.23. The number of rotatable bonds is 6. The Morgan fingerprint density at radius 1 is 1.36 bits per heavy atom. The lowest BCUT2D eigenvalue weighted by molar-refractivity contribution is -0.130. The smallest absolute Gasteiger partial charge is 0.237 e. The van der Waals surface area contributed by atoms with Gasteiger partial charge in [-0.3, -0.25) is 4.79 Å². The highest BCUT2D eigenvalue weighted by Gasteiger charge is 2.39. The van der Waals surface area contributed by atoms with Crippen molar-refractivity contribution in [1.29, 1.82) is 5.26 Å². The number of benzene rings is 1. The zero-order chi connectivity index (χ0) is 19.6. The molecule has 1 amide bonds. The number of nitrogens with zero attached hydrogens (tertiary/aromatic N) is 3. The fourth-order valence-corrected chi connectivity index (χ4v) is 5.14. The van der Waals surface area contributed by atoms with Crippen LogP contribution >= 0.6 is 11.3 Å². The summed E-state index contributed by atoms with van der Waals surface area (Å²) < 4.78 is 0. The van der Waals surface area contributed by atoms with E-state index in [4.69, 9.17) is 4.98 Å². The molecule has 0 bridgehead atoms. The third kappa shape index (κ3) is 3.82. The van der Waals surface area contributed by atoms with Crippen LogP contribution in [0.4, 0.5) is 0 Å². The van der Waals surface area contributed by atoms with Crippen LogP contribution in [0.2, 0.25) is 0 Å². The number of nitriles is 1. The van der Waals surface area contributed by atoms with Crippen LogP contribution in [0.3, 0.4) is 0 Å². The topological polar surface area (TPSA) is 69.0 Å². The molecule has 4 rings (SSSR count). The molecule has 1 aromatic carbocycles. The van der Waals surface area contributed by atoms with E-state index in [9.17, 15) is 10.1 Å². The first-order chi connectivity index (χ1) is 13.6. The summed E-state index contributed by atoms with van der Waals surface area (Å²) in [7, 11) is 0. The van der Waals surface area contributed by atoms with E-state index in [1.807, 2.05) is 18.2 Å². The molecular formula is C22H26N4OS. The Kier molecular flexibility index (Phi) is 5.47. The predicted molar refractivity (Wildman–Crippen MR) is 111 cm³/mol. The van der Waals surface area contributed by atoms with Gasteiger partial charge in [-0.15, -0.1) is 11.3 Å². The van der Waals surface area contributed by atoms with Gasteiger partial charge in [-0.2, -0.15) is 5.26 Å². The van der Waals surface area contributed by atoms with Crippen LogP contribution in [-0.2, 0) is 11.2 Å². The second kappa shape index (κ2) is 8.02. The SMILES string of the molecule is Cc1sc(-c2ccccc2)nc1CC1(NCC(=O)N2CCC[C@H]2C#N)CCC1. The number of likely N-dealkylation sites (tertiary alicyclic amines) is 1. The average Bonchev–Trinajstić information content (AvgIpc) is 3.31. The highest BCUT2D eigenvalue weighted by atomic mass is 32.1. The molecule has 146 valence electrons. The number of carbonyl (C=O) groups excluding carboxylic acids is 1. The third-order valence-corrected chi connectivity index (χ3v) is 7.13. The van der Waals surface area contributed by atoms with Gasteiger partial charge in [0, 0.05) is 28.9 Å². The highest BCUT2D eigenvalue weighted by Crippen LogP contribution is 2.37. The number of nitrogens with one attached hydrogen (secondary N) is 1. The first kappa shape index (κ1) is 19.1. The van der Waals surface area contributed by atoms with Crippen molar-refractivity contribution in [3.05, 3.63) is 40.9 Å². The summed E-state index contributed by atoms with van der Waals surface area (Å²) in [5, 5.41) is 13.8. The molecule has 1 aliphatic carbocycles. The van der Waals surface area contributed by atoms with Crippen LogP contribution in [0.15, 0.2) is 30.3 Å². The van der Waals surface area contributed by atoms with Crippen molar-refractivity contribution in [3.8, 4) is 16.6 Å². The van der Waals surface area contributed by atoms with E-state index in [0.717, 1.165) is 48.4 Å². The predicted octanol–water partition coefficient (Wildman–Crippen LogP) is 3.69. The molecule has 28 heavy (non-hydrogen) atoms. The Balaban J connectivity index is 1.42. The van der Waals surface area contributed by atoms with E-state index in [2.05, 4.69) is 30.4 Å². The van der Waals surface area contributed by atoms with E-state index in [1.54, 1.807) is 16.2 Å². The number of hydrogen-bond donors (Lipinski definition) is 1. The maximum Gasteiger partial charge on any atom is 0.237 e. The van der Waals surface area contributed by atoms with Gasteiger partial charge in [0.15, 0.2) is 0 Å². The van der Waals surface area contributed by atoms with Crippen LogP contribution in [0.5, 0.6) is 0 Å². The highest BCUT2D eigenvalue weighted by molar-refractivity contribution is 7.15. The summed E-state index contributed by atoms with van der Waals surface area (Å²) in [5.74, 6) is 0.0512. The molecule has 2 fully saturated rings. The average molecular weight is 395 g/mol. The standard InChI is InChI=1S/C22H26N4OS/c1-16-19(25-21(28-16)17-7-3-2-4-8-17)13-22(10-6-11-22)24-15-20(27)26-12-5-9-18(26)14-23/h2-4,7-8,18,24H,5-6,9-13,15H2,1H3/t18-/m0/s1. The Morgan fingerprint density at radius 2 is 2.14 bits per heavy atom. The number of aromatic nitrogens is 1. The summed E-state index contributed by atoms with van der Waals surface area (Å²) in [5.41, 5.74) is 2.26. The fourth-order valence-electron chi connectivity index (χ4n) is 4.20. The molecule has 1 aliphatic heterocycles. The lowest BCUT2D eigenvalue weighted by Crippen LogP contribution is -2.56. The Labute approximate surface area is 170 Å². The van der Waals surface area contributed by atoms with Gasteiger partial charge in [0.2, 0.25) is 5.91 Å². The molecule has 2 aromatic rings. The molecule has 0 radical (unpaired) electrons. The molecule has 2 heterocycles. The molecule has 6 heteroatoms. The maximum atomic E-state index is 12.6. The van der Waals surface area contributed by atoms with E-state index in [0.29, 0.717) is 13.1 Å². The molecule has 0 spiro atoms. The molecule has 1 saturated heterocycles. The number of aryl methyl sites for hydroxylation is 1. The molecule has 1 N–H and O–H groups in total. The van der Waals surface area contributed by atoms with Crippen LogP contribution in [0.1, 0.15) is 42.7 Å². The number of carbonyl (C=O) groups is 1. The monoisotopic (exact) mass is 394 g/mol. The molecule has 1 saturated carbocycles. The van der Waals surface area contributed by atoms with Gasteiger partial charge in [0.05, 0.1) is 18.3 Å². The minimum atomic E-state index is -0.249. The van der Waals surface area contributed by atoms with E-state index in [1.165, 1.54) is 11.3 Å². The summed E-state index contributed by atoms with van der Waals surface area (Å²) in [6, 6.07) is 12.3. The first-order valence-corrected chi connectivity index (χ1v) is 10.9. The van der Waals surface area contributed by atoms with Crippen molar-refractivity contribution in [1.82, 2.24) is 15.2 Å². The Bertz CT molecular complexity index is 882. The zero-order valence-electron chi connectivity index (χ0n) is 16.3. The number of hydrogen-bond acceptors (Lipinski definition) is 5. The van der Waals surface area contributed by atoms with Gasteiger partial charge < -0.3 is 10.2 Å². The van der Waals surface area contributed by atoms with Gasteiger partial charge in [-0.25, -0.2) is 4.98 Å². The summed E-state index contributed by atoms with van der Waals surface area (Å²) in [4.78, 5) is 20.5. The van der Waals surface area contributed by atoms with Crippen LogP contribution in [0, 0.1) is 18.3 Å². The van der Waals surface area contributed by atoms with Crippen molar-refractivity contribution in [2.24, 2.45) is 0 Å². The van der Waals surface area contributed by atoms with Crippen molar-refractivity contribution in [3.63, 3.8) is 0 Å². The molecule has 2 aliphatic rings. The van der Waals surface area contributed by atoms with Crippen molar-refractivity contribution in [2.75, 3.05) is 13.1 Å². The van der Waals surface area contributed by atoms with E-state index in [-0.39, 0.29) is 17.5 Å². The minimum Gasteiger partial charge on any atom is -0.326 e. The quantitative estimate of drug-likeness (QED) is 0.811. The summed E-state index contributed by atoms with van der Waals surface area (Å²) in [6.07, 6.45) is 5.90. The van der Waals surface area contributed by atoms with Crippen LogP contribution < -0.4 is 5.32 Å². The van der Waals surface area contributed by atoms with Crippen molar-refractivity contribution < 1.29 is 4.79 Å². The van der Waals surface area contributed by atoms with Gasteiger partial charge in [0.1, 0.15) is 11.0 Å². The van der Waals surface area contributed by atoms with E-state index < -0.39 is 0 Å². The van der Waals surface area contributed by atoms with Crippen molar-refractivity contribution in [2.45, 2.75) is 57.0 Å². The number of thiazole rings is 1. The second-order valence-electron chi connectivity index (χ2n) is 7.93. The molecule has 1 atom stereocenters. The van der Waals surface area contributed by atoms with Gasteiger partial charge in [-0.05, 0) is 39.0 Å². The fraction of sp³-hybridized carbons (Fsp3) is 0.500. The zero-order valence-corrected chi connectivity index (χ0v) is 17.1. The summed E-state index contributed by atoms with van der Waals surface area (Å²) >= 11 is 1.74. The lowest BCUT2D eigenvalue weighted by Gasteiger charge is -2.43. The first-order valence-electron chi connectivity index (χ1n) is 10.1. The van der Waals surface area contributed by atoms with Gasteiger partial charge in [-0.1, -0.05) is 30.3 Å². The number of amides is 1. The Morgan fingerprint density at radius 3 is 2.82 bits per heavy atom. The van der Waals surface area contributed by atoms with Crippen LogP contribution in [-0.4, -0.2) is 40.5 Å². The largest absolute Gasteiger partial charge is 0.326 e. The normalized spacial score (nSPS) is 20.6. The molecule has 0 unspecified atom stereocenters. The maximum absolute atomic E-state index is 12.6. The minimum absolute atomic E-state index is 0.0374. The van der Waals surface area contributed by atoms with Crippen molar-refractivity contribution >= 4 is 17.2 Å². The summed E-state index contributed by atoms with van der Waals surface area (Å²) in [6.45, 7) is 3.16. The van der Waals surface area contributed by atoms with Gasteiger partial charge >= 0.3 is 0 Å². The third-order valence-electron chi connectivity index (χ3n) is 6.07. The molecule has 1 aromatic heterocycles. The molecule has 5 nitrogen and oxygen atoms in total. The van der Waals surface area contributed by atoms with Crippen LogP contribution in [0.25, 0.3) is 10.6 Å². The van der Waals surface area contributed by atoms with Gasteiger partial charge in [0.25, 0.3) is 0 Å².